The summed E-state index contributed by atoms with van der Waals surface area (Å²) in [4.78, 5) is 16.7. The second-order valence-electron chi connectivity index (χ2n) is 7.36. The summed E-state index contributed by atoms with van der Waals surface area (Å²) in [6.45, 7) is 5.20. The minimum absolute atomic E-state index is 0.346. The number of amides is 1. The first-order valence-electron chi connectivity index (χ1n) is 10.1. The molecule has 2 aromatic heterocycles. The number of nitrogens with zero attached hydrogens (tertiary/aromatic N) is 3. The number of benzene rings is 2. The predicted molar refractivity (Wildman–Crippen MR) is 122 cm³/mol. The molecule has 1 N–H and O–H groups in total. The molecule has 6 nitrogen and oxygen atoms in total. The molecule has 0 aliphatic carbocycles. The number of hydrogen-bond acceptors (Lipinski definition) is 5. The lowest BCUT2D eigenvalue weighted by molar-refractivity contribution is 0.201. The van der Waals surface area contributed by atoms with Crippen LogP contribution in [-0.4, -0.2) is 20.9 Å². The average Bonchev–Trinajstić information content (AvgIpc) is 3.40. The Labute approximate surface area is 185 Å². The summed E-state index contributed by atoms with van der Waals surface area (Å²) in [5, 5.41) is 8.64. The van der Waals surface area contributed by atoms with Crippen LogP contribution < -0.4 is 10.1 Å². The molecule has 4 aromatic rings. The third-order valence-corrected chi connectivity index (χ3v) is 5.97. The molecule has 2 heterocycles. The fourth-order valence-electron chi connectivity index (χ4n) is 3.22. The van der Waals surface area contributed by atoms with Crippen molar-refractivity contribution in [2.24, 2.45) is 0 Å². The van der Waals surface area contributed by atoms with Crippen LogP contribution in [0.25, 0.3) is 10.7 Å². The number of hydrogen-bond donors (Lipinski definition) is 1. The van der Waals surface area contributed by atoms with Crippen LogP contribution in [0.15, 0.2) is 72.9 Å². The zero-order chi connectivity index (χ0) is 21.6. The van der Waals surface area contributed by atoms with Gasteiger partial charge < -0.3 is 10.1 Å². The maximum Gasteiger partial charge on any atom is 0.413 e. The van der Waals surface area contributed by atoms with E-state index in [4.69, 9.17) is 4.74 Å². The molecular formula is C24H24N4O2S. The summed E-state index contributed by atoms with van der Waals surface area (Å²) in [7, 11) is 0. The standard InChI is InChI=1S/C24H24N4O2S/c1-17(20-11-7-4-8-12-20)16-28-14-13-21(27-28)22-26-18(2)23(31-22)30-24(29)25-15-19-9-5-3-6-10-19/h3-14,17H,15-16H2,1-2H3,(H,25,29). The van der Waals surface area contributed by atoms with Crippen LogP contribution in [-0.2, 0) is 13.1 Å². The van der Waals surface area contributed by atoms with Gasteiger partial charge in [-0.2, -0.15) is 5.10 Å². The molecule has 0 fully saturated rings. The Balaban J connectivity index is 1.38. The van der Waals surface area contributed by atoms with Gasteiger partial charge in [0.15, 0.2) is 0 Å². The smallest absolute Gasteiger partial charge is 0.397 e. The number of aryl methyl sites for hydroxylation is 1. The molecule has 0 bridgehead atoms. The Morgan fingerprint density at radius 3 is 2.55 bits per heavy atom. The molecule has 7 heteroatoms. The molecule has 0 spiro atoms. The minimum atomic E-state index is -0.496. The summed E-state index contributed by atoms with van der Waals surface area (Å²) in [6.07, 6.45) is 1.46. The van der Waals surface area contributed by atoms with Crippen molar-refractivity contribution in [1.82, 2.24) is 20.1 Å². The van der Waals surface area contributed by atoms with Crippen molar-refractivity contribution in [2.75, 3.05) is 0 Å². The minimum Gasteiger partial charge on any atom is -0.397 e. The summed E-state index contributed by atoms with van der Waals surface area (Å²) >= 11 is 1.32. The molecule has 0 aliphatic rings. The van der Waals surface area contributed by atoms with E-state index in [2.05, 4.69) is 46.6 Å². The molecule has 1 unspecified atom stereocenters. The fraction of sp³-hybridized carbons (Fsp3) is 0.208. The monoisotopic (exact) mass is 432 g/mol. The van der Waals surface area contributed by atoms with Gasteiger partial charge in [-0.3, -0.25) is 4.68 Å². The molecule has 1 amide bonds. The maximum atomic E-state index is 12.2. The van der Waals surface area contributed by atoms with Gasteiger partial charge in [-0.15, -0.1) is 0 Å². The summed E-state index contributed by atoms with van der Waals surface area (Å²) in [6, 6.07) is 22.0. The van der Waals surface area contributed by atoms with Gasteiger partial charge >= 0.3 is 6.09 Å². The second-order valence-corrected chi connectivity index (χ2v) is 8.32. The van der Waals surface area contributed by atoms with E-state index < -0.39 is 6.09 Å². The number of thiazole rings is 1. The van der Waals surface area contributed by atoms with Gasteiger partial charge in [0.1, 0.15) is 10.7 Å². The van der Waals surface area contributed by atoms with Crippen molar-refractivity contribution in [3.63, 3.8) is 0 Å². The van der Waals surface area contributed by atoms with E-state index in [0.29, 0.717) is 23.2 Å². The predicted octanol–water partition coefficient (Wildman–Crippen LogP) is 5.41. The highest BCUT2D eigenvalue weighted by atomic mass is 32.1. The first-order valence-corrected chi connectivity index (χ1v) is 11.0. The van der Waals surface area contributed by atoms with E-state index in [1.165, 1.54) is 16.9 Å². The van der Waals surface area contributed by atoms with Crippen molar-refractivity contribution >= 4 is 17.4 Å². The van der Waals surface area contributed by atoms with E-state index in [9.17, 15) is 4.79 Å². The first-order chi connectivity index (χ1) is 15.1. The Bertz CT molecular complexity index is 1140. The summed E-state index contributed by atoms with van der Waals surface area (Å²) in [5.74, 6) is 0.346. The molecule has 2 aromatic carbocycles. The molecular weight excluding hydrogens is 408 g/mol. The number of carbonyl (C=O) groups excluding carboxylic acids is 1. The van der Waals surface area contributed by atoms with Gasteiger partial charge in [0.05, 0.1) is 5.69 Å². The van der Waals surface area contributed by atoms with Crippen LogP contribution in [0.5, 0.6) is 5.06 Å². The Hall–Kier alpha value is -3.45. The first kappa shape index (κ1) is 20.8. The number of nitrogens with one attached hydrogen (secondary N) is 1. The van der Waals surface area contributed by atoms with Gasteiger partial charge in [-0.25, -0.2) is 9.78 Å². The van der Waals surface area contributed by atoms with Crippen LogP contribution in [0, 0.1) is 6.92 Å². The normalized spacial score (nSPS) is 11.8. The average molecular weight is 433 g/mol. The topological polar surface area (TPSA) is 69.0 Å². The molecule has 31 heavy (non-hydrogen) atoms. The summed E-state index contributed by atoms with van der Waals surface area (Å²) < 4.78 is 7.40. The van der Waals surface area contributed by atoms with Crippen molar-refractivity contribution in [3.8, 4) is 15.8 Å². The van der Waals surface area contributed by atoms with Gasteiger partial charge in [0, 0.05) is 25.2 Å². The zero-order valence-corrected chi connectivity index (χ0v) is 18.3. The third kappa shape index (κ3) is 5.38. The SMILES string of the molecule is Cc1nc(-c2ccn(CC(C)c3ccccc3)n2)sc1OC(=O)NCc1ccccc1. The number of rotatable bonds is 7. The highest BCUT2D eigenvalue weighted by molar-refractivity contribution is 7.17. The molecule has 1 atom stereocenters. The Kier molecular flexibility index (Phi) is 6.43. The quantitative estimate of drug-likeness (QED) is 0.424. The van der Waals surface area contributed by atoms with Crippen molar-refractivity contribution in [1.29, 1.82) is 0 Å². The lowest BCUT2D eigenvalue weighted by atomic mass is 10.0. The van der Waals surface area contributed by atoms with Crippen LogP contribution in [0.1, 0.15) is 29.7 Å². The van der Waals surface area contributed by atoms with E-state index in [0.717, 1.165) is 22.8 Å². The lowest BCUT2D eigenvalue weighted by Gasteiger charge is -2.11. The molecule has 158 valence electrons. The fourth-order valence-corrected chi connectivity index (χ4v) is 4.10. The third-order valence-electron chi connectivity index (χ3n) is 4.91. The van der Waals surface area contributed by atoms with Crippen molar-refractivity contribution < 1.29 is 9.53 Å². The Morgan fingerprint density at radius 1 is 1.10 bits per heavy atom. The molecule has 0 saturated carbocycles. The van der Waals surface area contributed by atoms with E-state index in [1.807, 2.05) is 60.3 Å². The number of ether oxygens (including phenoxy) is 1. The highest BCUT2D eigenvalue weighted by Crippen LogP contribution is 2.33. The zero-order valence-electron chi connectivity index (χ0n) is 17.5. The Morgan fingerprint density at radius 2 is 1.81 bits per heavy atom. The molecule has 0 saturated heterocycles. The number of aromatic nitrogens is 3. The largest absolute Gasteiger partial charge is 0.413 e. The van der Waals surface area contributed by atoms with Gasteiger partial charge in [-0.05, 0) is 24.1 Å². The lowest BCUT2D eigenvalue weighted by Crippen LogP contribution is -2.26. The van der Waals surface area contributed by atoms with E-state index >= 15 is 0 Å². The molecule has 0 radical (unpaired) electrons. The van der Waals surface area contributed by atoms with Gasteiger partial charge in [-0.1, -0.05) is 78.9 Å². The summed E-state index contributed by atoms with van der Waals surface area (Å²) in [5.41, 5.74) is 3.73. The van der Waals surface area contributed by atoms with E-state index in [1.54, 1.807) is 0 Å². The second kappa shape index (κ2) is 9.57. The van der Waals surface area contributed by atoms with Crippen LogP contribution in [0.3, 0.4) is 0 Å². The highest BCUT2D eigenvalue weighted by Gasteiger charge is 2.16. The van der Waals surface area contributed by atoms with Gasteiger partial charge in [0.25, 0.3) is 0 Å². The molecule has 0 aliphatic heterocycles. The number of carbonyl (C=O) groups is 1. The molecule has 4 rings (SSSR count). The maximum absolute atomic E-state index is 12.2. The van der Waals surface area contributed by atoms with Crippen LogP contribution in [0.4, 0.5) is 4.79 Å². The van der Waals surface area contributed by atoms with Crippen molar-refractivity contribution in [3.05, 3.63) is 89.7 Å². The van der Waals surface area contributed by atoms with Crippen LogP contribution in [0.2, 0.25) is 0 Å². The van der Waals surface area contributed by atoms with Crippen molar-refractivity contribution in [2.45, 2.75) is 32.9 Å². The van der Waals surface area contributed by atoms with Crippen LogP contribution >= 0.6 is 11.3 Å². The van der Waals surface area contributed by atoms with E-state index in [-0.39, 0.29) is 0 Å². The van der Waals surface area contributed by atoms with Gasteiger partial charge in [0.2, 0.25) is 5.06 Å².